The number of anilines is 1. The van der Waals surface area contributed by atoms with Gasteiger partial charge in [0.1, 0.15) is 0 Å². The minimum atomic E-state index is -4.47. The minimum Gasteiger partial charge on any atom is -0.478 e. The number of likely N-dealkylation sites (tertiary alicyclic amines) is 3. The molecular weight excluding hydrogens is 671 g/mol. The largest absolute Gasteiger partial charge is 0.478 e. The Balaban J connectivity index is 1.09. The van der Waals surface area contributed by atoms with Gasteiger partial charge in [-0.05, 0) is 69.2 Å². The van der Waals surface area contributed by atoms with Crippen LogP contribution in [-0.2, 0) is 25.1 Å². The lowest BCUT2D eigenvalue weighted by Gasteiger charge is -2.62. The molecule has 13 nitrogen and oxygen atoms in total. The van der Waals surface area contributed by atoms with E-state index in [0.29, 0.717) is 25.2 Å². The number of pyridine rings is 1. The van der Waals surface area contributed by atoms with Crippen molar-refractivity contribution < 1.29 is 27.5 Å². The van der Waals surface area contributed by atoms with Crippen LogP contribution in [0.25, 0.3) is 0 Å². The number of benzene rings is 2. The van der Waals surface area contributed by atoms with Crippen molar-refractivity contribution in [3.63, 3.8) is 0 Å². The van der Waals surface area contributed by atoms with Crippen LogP contribution in [0.2, 0.25) is 0 Å². The lowest BCUT2D eigenvalue weighted by atomic mass is 9.71. The molecule has 14 heteroatoms. The summed E-state index contributed by atoms with van der Waals surface area (Å²) < 4.78 is 40.6. The molecule has 0 bridgehead atoms. The molecule has 0 aliphatic carbocycles. The number of amides is 3. The number of fused-ring (bicyclic) bond motifs is 1. The predicted octanol–water partition coefficient (Wildman–Crippen LogP) is 2.83. The number of aryl methyl sites for hydroxylation is 1. The molecule has 1 atom stereocenters. The summed E-state index contributed by atoms with van der Waals surface area (Å²) in [4.78, 5) is 40.3. The maximum absolute atomic E-state index is 15.0. The number of hydrogen-bond acceptors (Lipinski definition) is 10. The second kappa shape index (κ2) is 12.6. The molecular formula is C37H41N7O6S. The van der Waals surface area contributed by atoms with Crippen LogP contribution in [0.4, 0.5) is 10.5 Å². The minimum absolute atomic E-state index is 0.0133. The molecule has 0 unspecified atom stereocenters. The van der Waals surface area contributed by atoms with Crippen LogP contribution in [0, 0.1) is 23.7 Å². The zero-order valence-corrected chi connectivity index (χ0v) is 29.6. The van der Waals surface area contributed by atoms with E-state index in [1.54, 1.807) is 36.1 Å². The summed E-state index contributed by atoms with van der Waals surface area (Å²) in [6.07, 6.45) is 3.76. The summed E-state index contributed by atoms with van der Waals surface area (Å²) in [5.41, 5.74) is -0.671. The highest BCUT2D eigenvalue weighted by molar-refractivity contribution is 7.93. The van der Waals surface area contributed by atoms with E-state index in [9.17, 15) is 18.5 Å². The van der Waals surface area contributed by atoms with Crippen molar-refractivity contribution in [3.05, 3.63) is 83.0 Å². The second-order valence-electron chi connectivity index (χ2n) is 14.4. The van der Waals surface area contributed by atoms with E-state index in [1.165, 1.54) is 36.5 Å². The van der Waals surface area contributed by atoms with Gasteiger partial charge in [0.25, 0.3) is 15.9 Å². The van der Waals surface area contributed by atoms with Gasteiger partial charge in [-0.15, -0.1) is 0 Å². The molecule has 3 amide bonds. The fourth-order valence-electron chi connectivity index (χ4n) is 8.36. The molecule has 5 aliphatic heterocycles. The van der Waals surface area contributed by atoms with Crippen molar-refractivity contribution in [2.24, 2.45) is 5.41 Å². The predicted molar refractivity (Wildman–Crippen MR) is 187 cm³/mol. The topological polar surface area (TPSA) is 148 Å². The van der Waals surface area contributed by atoms with Gasteiger partial charge in [-0.1, -0.05) is 17.7 Å². The molecule has 1 aromatic heterocycles. The summed E-state index contributed by atoms with van der Waals surface area (Å²) in [5.74, 6) is -0.845. The monoisotopic (exact) mass is 711 g/mol. The molecule has 51 heavy (non-hydrogen) atoms. The average molecular weight is 712 g/mol. The van der Waals surface area contributed by atoms with E-state index in [1.807, 2.05) is 6.92 Å². The van der Waals surface area contributed by atoms with E-state index < -0.39 is 27.5 Å². The van der Waals surface area contributed by atoms with Gasteiger partial charge in [0.05, 0.1) is 53.6 Å². The molecule has 4 fully saturated rings. The van der Waals surface area contributed by atoms with Crippen LogP contribution in [0.3, 0.4) is 0 Å². The number of ether oxygens (including phenoxy) is 2. The summed E-state index contributed by atoms with van der Waals surface area (Å²) in [5, 5.41) is 12.9. The SMILES string of the molecule is CCOc1ncccc1[C@]1(NC(=O)N2CC3(C2)CN(C2CCN(C4COC4)CC2)C3)C(=O)N(S(=O)(=O)c2ccc(C)cc2)c2ccc(C#N)cc21. The molecule has 5 aliphatic rings. The number of piperidine rings is 1. The number of sulfonamides is 1. The fourth-order valence-corrected chi connectivity index (χ4v) is 9.83. The molecule has 1 spiro atoms. The lowest BCUT2D eigenvalue weighted by molar-refractivity contribution is -0.129. The smallest absolute Gasteiger partial charge is 0.318 e. The van der Waals surface area contributed by atoms with E-state index in [2.05, 4.69) is 26.2 Å². The summed E-state index contributed by atoms with van der Waals surface area (Å²) in [6, 6.07) is 16.5. The number of hydrogen-bond donors (Lipinski definition) is 1. The van der Waals surface area contributed by atoms with Gasteiger partial charge < -0.3 is 19.7 Å². The van der Waals surface area contributed by atoms with Crippen molar-refractivity contribution in [2.75, 3.05) is 63.4 Å². The van der Waals surface area contributed by atoms with Gasteiger partial charge >= 0.3 is 6.03 Å². The first kappa shape index (κ1) is 33.6. The number of nitrogens with zero attached hydrogens (tertiary/aromatic N) is 6. The first-order valence-electron chi connectivity index (χ1n) is 17.5. The van der Waals surface area contributed by atoms with Gasteiger partial charge in [-0.2, -0.15) is 9.57 Å². The standard InChI is InChI=1S/C37H41N7O6S/c1-3-50-33-30(5-4-14-39-33)37(31-17-26(18-38)8-11-32(31)44(34(37)45)51(47,48)29-9-6-25(2)7-10-29)40-35(46)43-23-36(24-43)21-42(22-36)27-12-15-41(16-13-27)28-19-49-20-28/h4-11,14,17,27-28H,3,12-13,15-16,19-24H2,1-2H3,(H,40,46)/t37-/m1/s1. The Kier molecular flexibility index (Phi) is 8.29. The van der Waals surface area contributed by atoms with Gasteiger partial charge in [0, 0.05) is 62.5 Å². The number of aromatic nitrogens is 1. The molecule has 0 saturated carbocycles. The van der Waals surface area contributed by atoms with E-state index in [-0.39, 0.29) is 45.2 Å². The highest BCUT2D eigenvalue weighted by atomic mass is 32.2. The Morgan fingerprint density at radius 1 is 1.02 bits per heavy atom. The Bertz CT molecular complexity index is 2010. The summed E-state index contributed by atoms with van der Waals surface area (Å²) in [7, 11) is -4.47. The zero-order valence-electron chi connectivity index (χ0n) is 28.7. The van der Waals surface area contributed by atoms with Crippen LogP contribution in [0.15, 0.2) is 65.7 Å². The lowest BCUT2D eigenvalue weighted by Crippen LogP contribution is -2.76. The molecule has 3 aromatic rings. The Morgan fingerprint density at radius 3 is 2.39 bits per heavy atom. The molecule has 6 heterocycles. The second-order valence-corrected chi connectivity index (χ2v) is 16.2. The van der Waals surface area contributed by atoms with E-state index in [0.717, 1.165) is 62.1 Å². The third-order valence-corrected chi connectivity index (χ3v) is 12.8. The Morgan fingerprint density at radius 2 is 1.75 bits per heavy atom. The number of rotatable bonds is 8. The van der Waals surface area contributed by atoms with Crippen LogP contribution in [-0.4, -0.2) is 111 Å². The normalized spacial score (nSPS) is 23.6. The number of carbonyl (C=O) groups excluding carboxylic acids is 2. The quantitative estimate of drug-likeness (QED) is 0.370. The highest BCUT2D eigenvalue weighted by Gasteiger charge is 2.61. The maximum atomic E-state index is 15.0. The molecule has 1 N–H and O–H groups in total. The van der Waals surface area contributed by atoms with Gasteiger partial charge in [-0.3, -0.25) is 14.6 Å². The van der Waals surface area contributed by atoms with Crippen molar-refractivity contribution in [2.45, 2.75) is 49.2 Å². The highest BCUT2D eigenvalue weighted by Crippen LogP contribution is 2.50. The van der Waals surface area contributed by atoms with Gasteiger partial charge in [0.2, 0.25) is 5.88 Å². The third-order valence-electron chi connectivity index (χ3n) is 11.1. The van der Waals surface area contributed by atoms with Gasteiger partial charge in [0.15, 0.2) is 5.54 Å². The maximum Gasteiger partial charge on any atom is 0.318 e. The third kappa shape index (κ3) is 5.45. The first-order chi connectivity index (χ1) is 24.6. The molecule has 266 valence electrons. The van der Waals surface area contributed by atoms with E-state index in [4.69, 9.17) is 9.47 Å². The fraction of sp³-hybridized carbons (Fsp3) is 0.459. The number of nitriles is 1. The molecule has 2 aromatic carbocycles. The van der Waals surface area contributed by atoms with Crippen molar-refractivity contribution in [1.82, 2.24) is 25.0 Å². The van der Waals surface area contributed by atoms with Crippen LogP contribution >= 0.6 is 0 Å². The Labute approximate surface area is 297 Å². The summed E-state index contributed by atoms with van der Waals surface area (Å²) in [6.45, 7) is 10.5. The molecule has 4 saturated heterocycles. The van der Waals surface area contributed by atoms with Crippen LogP contribution in [0.1, 0.15) is 42.0 Å². The average Bonchev–Trinajstić information content (AvgIpc) is 3.31. The van der Waals surface area contributed by atoms with E-state index >= 15 is 4.79 Å². The number of carbonyl (C=O) groups is 2. The number of urea groups is 1. The van der Waals surface area contributed by atoms with Crippen LogP contribution < -0.4 is 14.4 Å². The molecule has 8 rings (SSSR count). The first-order valence-corrected chi connectivity index (χ1v) is 18.9. The zero-order chi connectivity index (χ0) is 35.5. The van der Waals surface area contributed by atoms with Gasteiger partial charge in [-0.25, -0.2) is 18.2 Å². The van der Waals surface area contributed by atoms with Crippen molar-refractivity contribution in [3.8, 4) is 11.9 Å². The Hall–Kier alpha value is -4.55. The number of nitrogens with one attached hydrogen (secondary N) is 1. The van der Waals surface area contributed by atoms with Crippen molar-refractivity contribution in [1.29, 1.82) is 5.26 Å². The van der Waals surface area contributed by atoms with Crippen molar-refractivity contribution >= 4 is 27.6 Å². The summed E-state index contributed by atoms with van der Waals surface area (Å²) >= 11 is 0. The molecule has 0 radical (unpaired) electrons. The van der Waals surface area contributed by atoms with Crippen LogP contribution in [0.5, 0.6) is 5.88 Å².